The second-order valence-corrected chi connectivity index (χ2v) is 29.5. The highest BCUT2D eigenvalue weighted by molar-refractivity contribution is 5.29. The molecule has 0 nitrogen and oxygen atoms in total. The third kappa shape index (κ3) is 51.1. The monoisotopic (exact) mass is 1340 g/mol. The second-order valence-electron chi connectivity index (χ2n) is 29.5. The Hall–Kier alpha value is -6.76. The van der Waals surface area contributed by atoms with E-state index in [0.29, 0.717) is 47.3 Å². The molecule has 2 unspecified atom stereocenters. The van der Waals surface area contributed by atoms with Gasteiger partial charge in [-0.05, 0) is 197 Å². The molecule has 0 aromatic carbocycles. The van der Waals surface area contributed by atoms with Crippen LogP contribution in [0.25, 0.3) is 0 Å². The van der Waals surface area contributed by atoms with Crippen LogP contribution < -0.4 is 0 Å². The fraction of sp³-hybridized carbons (Fsp3) is 0.475. The van der Waals surface area contributed by atoms with Gasteiger partial charge in [0.1, 0.15) is 0 Å². The molecule has 0 N–H and O–H groups in total. The maximum Gasteiger partial charge on any atom is -0.00272 e. The van der Waals surface area contributed by atoms with Gasteiger partial charge in [0, 0.05) is 0 Å². The zero-order valence-electron chi connectivity index (χ0n) is 66.6. The van der Waals surface area contributed by atoms with E-state index in [2.05, 4.69) is 398 Å². The lowest BCUT2D eigenvalue weighted by atomic mass is 9.91. The smallest absolute Gasteiger partial charge is 0.00272 e. The van der Waals surface area contributed by atoms with Crippen molar-refractivity contribution in [2.45, 2.75) is 240 Å². The van der Waals surface area contributed by atoms with Gasteiger partial charge in [0.05, 0.1) is 0 Å². The number of hydrogen-bond donors (Lipinski definition) is 0. The fourth-order valence-electron chi connectivity index (χ4n) is 11.0. The van der Waals surface area contributed by atoms with Crippen molar-refractivity contribution in [2.75, 3.05) is 0 Å². The van der Waals surface area contributed by atoms with Gasteiger partial charge >= 0.3 is 0 Å². The van der Waals surface area contributed by atoms with Gasteiger partial charge in [0.2, 0.25) is 0 Å². The quantitative estimate of drug-likeness (QED) is 0.202. The lowest BCUT2D eigenvalue weighted by molar-refractivity contribution is 0.470. The molecule has 0 amide bonds. The number of hydrogen-bond acceptors (Lipinski definition) is 0. The van der Waals surface area contributed by atoms with Gasteiger partial charge < -0.3 is 0 Å². The van der Waals surface area contributed by atoms with E-state index in [1.54, 1.807) is 16.7 Å². The van der Waals surface area contributed by atoms with Crippen LogP contribution >= 0.6 is 0 Å². The first kappa shape index (κ1) is 90.3. The standard InChI is InChI=1S/C11H18.8C11H16/c9*1-10(2)11-8-6-4-3-5-7-9-11/h3-4,9-10H,5-8H2,1-2H3;4,6-10H,3,5H2,1-2H3;4-8,10H,3,9H2,1-2H3;3-4,7-10H,5-6H2,1-2H3;3-4,6,8-10H,5,7H2,1-2H3;3-4,6-11H,5H2,1-2H3;3-6,9-10H,7-8H2,1-2H3;3-6,8,10H,7,9H2,1-2H3;3-8,10-11H,9H2,1-2H3/b4-3-,11-9+;6-4-,9-7?,11-8?;6-4-,7-5-,11-8+;4-3-,9-7?,11-8?;4-3+,8-6?,11-9?;4-3-,8-6-,9-7?;5-3-,6-4-,11-9+;5-3-,6-4-,11-8+;4-3-,7-5-,8-6-. The van der Waals surface area contributed by atoms with E-state index >= 15 is 0 Å². The largest absolute Gasteiger partial charge is 0.0882 e. The van der Waals surface area contributed by atoms with Gasteiger partial charge in [-0.15, -0.1) is 0 Å². The molecular formula is C99H146. The molecule has 0 radical (unpaired) electrons. The minimum Gasteiger partial charge on any atom is -0.0882 e. The first-order chi connectivity index (χ1) is 47.7. The van der Waals surface area contributed by atoms with Gasteiger partial charge in [0.15, 0.2) is 0 Å². The molecule has 0 aromatic rings. The Morgan fingerprint density at radius 1 is 0.242 bits per heavy atom. The van der Waals surface area contributed by atoms with Gasteiger partial charge in [-0.3, -0.25) is 0 Å². The van der Waals surface area contributed by atoms with E-state index in [1.807, 2.05) is 0 Å². The van der Waals surface area contributed by atoms with Gasteiger partial charge in [-0.25, -0.2) is 0 Å². The Morgan fingerprint density at radius 2 is 0.717 bits per heavy atom. The van der Waals surface area contributed by atoms with E-state index in [4.69, 9.17) is 0 Å². The number of allylic oxidation sites excluding steroid dienone is 52. The van der Waals surface area contributed by atoms with Crippen LogP contribution in [0, 0.1) is 65.1 Å². The predicted octanol–water partition coefficient (Wildman–Crippen LogP) is 31.2. The van der Waals surface area contributed by atoms with Crippen molar-refractivity contribution < 1.29 is 0 Å². The molecule has 0 fully saturated rings. The number of rotatable bonds is 9. The molecule has 99 heavy (non-hydrogen) atoms. The Bertz CT molecular complexity index is 2950. The summed E-state index contributed by atoms with van der Waals surface area (Å²) in [6.45, 7) is 40.5. The Balaban J connectivity index is 0.000000557. The van der Waals surface area contributed by atoms with E-state index in [9.17, 15) is 0 Å². The highest BCUT2D eigenvalue weighted by atomic mass is 14.1. The van der Waals surface area contributed by atoms with E-state index in [1.165, 1.54) is 92.9 Å². The molecule has 9 rings (SSSR count). The Morgan fingerprint density at radius 3 is 1.44 bits per heavy atom. The normalized spacial score (nSPS) is 26.3. The average molecular weight is 1340 g/mol. The molecule has 0 spiro atoms. The fourth-order valence-corrected chi connectivity index (χ4v) is 11.0. The van der Waals surface area contributed by atoms with E-state index < -0.39 is 0 Å². The van der Waals surface area contributed by atoms with Crippen molar-refractivity contribution >= 4 is 0 Å². The van der Waals surface area contributed by atoms with Crippen LogP contribution in [0.4, 0.5) is 0 Å². The van der Waals surface area contributed by atoms with Crippen molar-refractivity contribution in [3.05, 3.63) is 312 Å². The summed E-state index contributed by atoms with van der Waals surface area (Å²) < 4.78 is 0. The van der Waals surface area contributed by atoms with Crippen LogP contribution in [0.1, 0.15) is 240 Å². The summed E-state index contributed by atoms with van der Waals surface area (Å²) in [4.78, 5) is 0. The van der Waals surface area contributed by atoms with Crippen LogP contribution in [0.2, 0.25) is 0 Å². The summed E-state index contributed by atoms with van der Waals surface area (Å²) in [5, 5.41) is 0. The molecule has 542 valence electrons. The summed E-state index contributed by atoms with van der Waals surface area (Å²) in [6.07, 6.45) is 121. The summed E-state index contributed by atoms with van der Waals surface area (Å²) >= 11 is 0. The Kier molecular flexibility index (Phi) is 55.7. The lowest BCUT2D eigenvalue weighted by Crippen LogP contribution is -2.04. The van der Waals surface area contributed by atoms with Crippen LogP contribution in [0.5, 0.6) is 0 Å². The summed E-state index contributed by atoms with van der Waals surface area (Å²) in [5.74, 6) is 7.62. The van der Waals surface area contributed by atoms with Crippen LogP contribution in [0.15, 0.2) is 312 Å². The molecule has 0 saturated heterocycles. The summed E-state index contributed by atoms with van der Waals surface area (Å²) in [6, 6.07) is 0. The third-order valence-corrected chi connectivity index (χ3v) is 18.0. The van der Waals surface area contributed by atoms with Crippen molar-refractivity contribution in [3.63, 3.8) is 0 Å². The summed E-state index contributed by atoms with van der Waals surface area (Å²) in [5.41, 5.74) is 10.7. The van der Waals surface area contributed by atoms with Crippen molar-refractivity contribution in [2.24, 2.45) is 65.1 Å². The zero-order valence-corrected chi connectivity index (χ0v) is 66.6. The van der Waals surface area contributed by atoms with Crippen LogP contribution in [0.3, 0.4) is 0 Å². The van der Waals surface area contributed by atoms with Crippen molar-refractivity contribution in [3.8, 4) is 0 Å². The minimum atomic E-state index is 0.625. The maximum atomic E-state index is 2.42. The molecule has 0 aromatic heterocycles. The summed E-state index contributed by atoms with van der Waals surface area (Å²) in [7, 11) is 0. The van der Waals surface area contributed by atoms with Crippen LogP contribution in [-0.2, 0) is 0 Å². The molecule has 0 bridgehead atoms. The first-order valence-electron chi connectivity index (χ1n) is 39.2. The Labute approximate surface area is 614 Å². The van der Waals surface area contributed by atoms with Crippen molar-refractivity contribution in [1.82, 2.24) is 0 Å². The molecule has 0 heterocycles. The van der Waals surface area contributed by atoms with Gasteiger partial charge in [0.25, 0.3) is 0 Å². The highest BCUT2D eigenvalue weighted by Gasteiger charge is 2.09. The zero-order chi connectivity index (χ0) is 72.9. The molecular weight excluding hydrogens is 1190 g/mol. The maximum absolute atomic E-state index is 2.42. The molecule has 0 heteroatoms. The van der Waals surface area contributed by atoms with E-state index in [-0.39, 0.29) is 0 Å². The predicted molar refractivity (Wildman–Crippen MR) is 454 cm³/mol. The SMILES string of the molecule is CC(C)/C1=C/C/C=C\C=C/C1.CC(C)/C1=C/C=C\C/C=C\C1.CC(C)/C1=C/C=C\C=C/CC1.CC(C)/C1=C/CC/C=C\CC1.CC(C)C1=C/C=C\CCC=C1.CC(C)C1=CC/C=C\CC=C1.CC(C)C1=CCC/C=C/C=C1.CC(C)C1C=CC/C=C\C=C/1.CC(C)C1\C=C/C=C\C=C/C1. The molecule has 0 aliphatic heterocycles. The minimum absolute atomic E-state index is 0.625. The van der Waals surface area contributed by atoms with Gasteiger partial charge in [-0.1, -0.05) is 420 Å². The van der Waals surface area contributed by atoms with Gasteiger partial charge in [-0.2, -0.15) is 0 Å². The molecule has 9 aliphatic carbocycles. The first-order valence-corrected chi connectivity index (χ1v) is 39.2. The lowest BCUT2D eigenvalue weighted by Gasteiger charge is -2.14. The third-order valence-electron chi connectivity index (χ3n) is 18.0. The molecule has 0 saturated carbocycles. The topological polar surface area (TPSA) is 0 Å². The van der Waals surface area contributed by atoms with E-state index in [0.717, 1.165) is 62.7 Å². The molecule has 2 atom stereocenters. The average Bonchev–Trinajstić information content (AvgIpc) is 2.53. The highest BCUT2D eigenvalue weighted by Crippen LogP contribution is 2.24. The van der Waals surface area contributed by atoms with Crippen molar-refractivity contribution in [1.29, 1.82) is 0 Å². The molecule has 9 aliphatic rings. The second kappa shape index (κ2) is 61.1. The van der Waals surface area contributed by atoms with Crippen LogP contribution in [-0.4, -0.2) is 0 Å².